The molecule has 0 aliphatic carbocycles. The quantitative estimate of drug-likeness (QED) is 0.555. The zero-order chi connectivity index (χ0) is 20.6. The van der Waals surface area contributed by atoms with Crippen LogP contribution in [-0.2, 0) is 16.8 Å². The molecule has 1 saturated heterocycles. The van der Waals surface area contributed by atoms with Crippen LogP contribution < -0.4 is 10.6 Å². The Morgan fingerprint density at radius 2 is 1.82 bits per heavy atom. The van der Waals surface area contributed by atoms with Gasteiger partial charge in [-0.1, -0.05) is 45.0 Å². The standard InChI is InChI=1S/C23H38N4O/c1-6-23(3,4)20-10-8-19(9-11-20)17-26-22(25-7-2)27-14-12-18(13-15-27)16-21(28)24-5/h8-11,18H,6-7,12-17H2,1-5H3,(H,24,28)(H,25,26). The molecule has 1 aliphatic heterocycles. The highest BCUT2D eigenvalue weighted by atomic mass is 16.1. The number of rotatable bonds is 7. The van der Waals surface area contributed by atoms with Crippen molar-refractivity contribution < 1.29 is 4.79 Å². The number of piperidine rings is 1. The molecule has 0 spiro atoms. The normalized spacial score (nSPS) is 16.2. The van der Waals surface area contributed by atoms with Gasteiger partial charge in [0.1, 0.15) is 0 Å². The lowest BCUT2D eigenvalue weighted by Gasteiger charge is -2.34. The van der Waals surface area contributed by atoms with Crippen LogP contribution in [-0.4, -0.2) is 43.4 Å². The predicted molar refractivity (Wildman–Crippen MR) is 118 cm³/mol. The maximum atomic E-state index is 11.6. The van der Waals surface area contributed by atoms with E-state index in [4.69, 9.17) is 4.99 Å². The summed E-state index contributed by atoms with van der Waals surface area (Å²) < 4.78 is 0. The van der Waals surface area contributed by atoms with Crippen LogP contribution in [0.2, 0.25) is 0 Å². The number of carbonyl (C=O) groups is 1. The lowest BCUT2D eigenvalue weighted by Crippen LogP contribution is -2.46. The fraction of sp³-hybridized carbons (Fsp3) is 0.652. The smallest absolute Gasteiger partial charge is 0.220 e. The van der Waals surface area contributed by atoms with Crippen LogP contribution in [0.5, 0.6) is 0 Å². The highest BCUT2D eigenvalue weighted by Crippen LogP contribution is 2.27. The molecule has 28 heavy (non-hydrogen) atoms. The molecule has 0 aromatic heterocycles. The summed E-state index contributed by atoms with van der Waals surface area (Å²) in [5.41, 5.74) is 2.84. The Balaban J connectivity index is 1.96. The van der Waals surface area contributed by atoms with Crippen LogP contribution in [0.3, 0.4) is 0 Å². The Labute approximate surface area is 171 Å². The topological polar surface area (TPSA) is 56.7 Å². The van der Waals surface area contributed by atoms with E-state index in [9.17, 15) is 4.79 Å². The number of benzene rings is 1. The molecule has 2 N–H and O–H groups in total. The van der Waals surface area contributed by atoms with Crippen molar-refractivity contribution in [3.8, 4) is 0 Å². The average molecular weight is 387 g/mol. The van der Waals surface area contributed by atoms with Gasteiger partial charge in [-0.3, -0.25) is 4.79 Å². The first-order valence-corrected chi connectivity index (χ1v) is 10.7. The molecule has 1 amide bonds. The molecular formula is C23H38N4O. The zero-order valence-electron chi connectivity index (χ0n) is 18.3. The average Bonchev–Trinajstić information content (AvgIpc) is 2.72. The van der Waals surface area contributed by atoms with E-state index < -0.39 is 0 Å². The first-order chi connectivity index (χ1) is 13.4. The summed E-state index contributed by atoms with van der Waals surface area (Å²) in [6.45, 7) is 12.4. The van der Waals surface area contributed by atoms with Gasteiger partial charge in [-0.25, -0.2) is 4.99 Å². The van der Waals surface area contributed by atoms with E-state index in [0.29, 0.717) is 18.9 Å². The Morgan fingerprint density at radius 3 is 2.36 bits per heavy atom. The number of carbonyl (C=O) groups excluding carboxylic acids is 1. The summed E-state index contributed by atoms with van der Waals surface area (Å²) >= 11 is 0. The first-order valence-electron chi connectivity index (χ1n) is 10.7. The molecule has 0 bridgehead atoms. The lowest BCUT2D eigenvalue weighted by molar-refractivity contribution is -0.121. The van der Waals surface area contributed by atoms with Gasteiger partial charge in [-0.15, -0.1) is 0 Å². The van der Waals surface area contributed by atoms with Crippen LogP contribution in [0.15, 0.2) is 29.3 Å². The molecule has 156 valence electrons. The molecule has 0 atom stereocenters. The van der Waals surface area contributed by atoms with Crippen LogP contribution >= 0.6 is 0 Å². The molecule has 5 nitrogen and oxygen atoms in total. The van der Waals surface area contributed by atoms with Crippen LogP contribution in [0, 0.1) is 5.92 Å². The van der Waals surface area contributed by atoms with Gasteiger partial charge in [0, 0.05) is 33.1 Å². The highest BCUT2D eigenvalue weighted by Gasteiger charge is 2.23. The molecule has 1 aromatic rings. The van der Waals surface area contributed by atoms with E-state index in [-0.39, 0.29) is 11.3 Å². The number of hydrogen-bond acceptors (Lipinski definition) is 2. The van der Waals surface area contributed by atoms with Crippen LogP contribution in [0.1, 0.15) is 64.5 Å². The van der Waals surface area contributed by atoms with E-state index in [1.807, 2.05) is 0 Å². The van der Waals surface area contributed by atoms with E-state index in [1.54, 1.807) is 7.05 Å². The van der Waals surface area contributed by atoms with Crippen molar-refractivity contribution >= 4 is 11.9 Å². The molecular weight excluding hydrogens is 348 g/mol. The van der Waals surface area contributed by atoms with Gasteiger partial charge in [0.15, 0.2) is 5.96 Å². The number of hydrogen-bond donors (Lipinski definition) is 2. The van der Waals surface area contributed by atoms with Crippen molar-refractivity contribution in [2.45, 2.75) is 65.3 Å². The molecule has 1 fully saturated rings. The second kappa shape index (κ2) is 10.5. The summed E-state index contributed by atoms with van der Waals surface area (Å²) in [6.07, 6.45) is 3.85. The van der Waals surface area contributed by atoms with E-state index in [1.165, 1.54) is 11.1 Å². The van der Waals surface area contributed by atoms with E-state index >= 15 is 0 Å². The third kappa shape index (κ3) is 6.25. The molecule has 1 heterocycles. The van der Waals surface area contributed by atoms with Gasteiger partial charge >= 0.3 is 0 Å². The molecule has 0 radical (unpaired) electrons. The lowest BCUT2D eigenvalue weighted by atomic mass is 9.82. The summed E-state index contributed by atoms with van der Waals surface area (Å²) in [5.74, 6) is 1.61. The minimum absolute atomic E-state index is 0.147. The van der Waals surface area contributed by atoms with Gasteiger partial charge in [-0.05, 0) is 48.6 Å². The van der Waals surface area contributed by atoms with Crippen LogP contribution in [0.25, 0.3) is 0 Å². The highest BCUT2D eigenvalue weighted by molar-refractivity contribution is 5.80. The molecule has 1 aromatic carbocycles. The molecule has 1 aliphatic rings. The molecule has 2 rings (SSSR count). The fourth-order valence-electron chi connectivity index (χ4n) is 3.57. The monoisotopic (exact) mass is 386 g/mol. The number of nitrogens with zero attached hydrogens (tertiary/aromatic N) is 2. The Hall–Kier alpha value is -2.04. The second-order valence-corrected chi connectivity index (χ2v) is 8.41. The number of guanidine groups is 1. The van der Waals surface area contributed by atoms with Crippen molar-refractivity contribution in [3.63, 3.8) is 0 Å². The Bertz CT molecular complexity index is 643. The summed E-state index contributed by atoms with van der Waals surface area (Å²) in [5, 5.41) is 6.16. The number of likely N-dealkylation sites (tertiary alicyclic amines) is 1. The second-order valence-electron chi connectivity index (χ2n) is 8.41. The van der Waals surface area contributed by atoms with E-state index in [2.05, 4.69) is 67.5 Å². The summed E-state index contributed by atoms with van der Waals surface area (Å²) in [6, 6.07) is 8.89. The minimum atomic E-state index is 0.147. The molecule has 5 heteroatoms. The largest absolute Gasteiger partial charge is 0.359 e. The van der Waals surface area contributed by atoms with Gasteiger partial charge in [0.2, 0.25) is 5.91 Å². The Kier molecular flexibility index (Phi) is 8.34. The number of aliphatic imine (C=N–C) groups is 1. The minimum Gasteiger partial charge on any atom is -0.359 e. The predicted octanol–water partition coefficient (Wildman–Crippen LogP) is 3.69. The maximum absolute atomic E-state index is 11.6. The maximum Gasteiger partial charge on any atom is 0.220 e. The Morgan fingerprint density at radius 1 is 1.18 bits per heavy atom. The van der Waals surface area contributed by atoms with Crippen LogP contribution in [0.4, 0.5) is 0 Å². The first kappa shape index (κ1) is 22.3. The molecule has 0 unspecified atom stereocenters. The summed E-state index contributed by atoms with van der Waals surface area (Å²) in [7, 11) is 1.71. The zero-order valence-corrected chi connectivity index (χ0v) is 18.3. The third-order valence-corrected chi connectivity index (χ3v) is 6.03. The third-order valence-electron chi connectivity index (χ3n) is 6.03. The van der Waals surface area contributed by atoms with Gasteiger partial charge < -0.3 is 15.5 Å². The van der Waals surface area contributed by atoms with Crippen molar-refractivity contribution in [3.05, 3.63) is 35.4 Å². The van der Waals surface area contributed by atoms with Gasteiger partial charge in [0.05, 0.1) is 6.54 Å². The SMILES string of the molecule is CCNC(=NCc1ccc(C(C)(C)CC)cc1)N1CCC(CC(=O)NC)CC1. The fourth-order valence-corrected chi connectivity index (χ4v) is 3.57. The van der Waals surface area contributed by atoms with Crippen molar-refractivity contribution in [1.29, 1.82) is 0 Å². The number of amides is 1. The van der Waals surface area contributed by atoms with Crippen molar-refractivity contribution in [1.82, 2.24) is 15.5 Å². The van der Waals surface area contributed by atoms with Gasteiger partial charge in [-0.2, -0.15) is 0 Å². The molecule has 0 saturated carbocycles. The van der Waals surface area contributed by atoms with Crippen molar-refractivity contribution in [2.75, 3.05) is 26.7 Å². The number of nitrogens with one attached hydrogen (secondary N) is 2. The van der Waals surface area contributed by atoms with Gasteiger partial charge in [0.25, 0.3) is 0 Å². The van der Waals surface area contributed by atoms with Crippen molar-refractivity contribution in [2.24, 2.45) is 10.9 Å². The van der Waals surface area contributed by atoms with E-state index in [0.717, 1.165) is 44.9 Å². The summed E-state index contributed by atoms with van der Waals surface area (Å²) in [4.78, 5) is 18.8.